The predicted octanol–water partition coefficient (Wildman–Crippen LogP) is 2.81. The van der Waals surface area contributed by atoms with Crippen LogP contribution in [0.25, 0.3) is 0 Å². The summed E-state index contributed by atoms with van der Waals surface area (Å²) in [6.07, 6.45) is 2.20. The van der Waals surface area contributed by atoms with Crippen LogP contribution in [0.1, 0.15) is 24.2 Å². The Balaban J connectivity index is 1.52. The Bertz CT molecular complexity index is 617. The topological polar surface area (TPSA) is 51.4 Å². The molecule has 1 aromatic heterocycles. The second-order valence-electron chi connectivity index (χ2n) is 5.78. The van der Waals surface area contributed by atoms with Gasteiger partial charge in [-0.1, -0.05) is 22.4 Å². The van der Waals surface area contributed by atoms with E-state index in [0.717, 1.165) is 43.9 Å². The lowest BCUT2D eigenvalue weighted by Gasteiger charge is -2.32. The third kappa shape index (κ3) is 3.62. The lowest BCUT2D eigenvalue weighted by molar-refractivity contribution is 0.121. The van der Waals surface area contributed by atoms with E-state index in [2.05, 4.69) is 15.2 Å². The van der Waals surface area contributed by atoms with Crippen molar-refractivity contribution in [2.45, 2.75) is 26.3 Å². The average Bonchev–Trinajstić information content (AvgIpc) is 2.92. The zero-order valence-corrected chi connectivity index (χ0v) is 12.7. The number of aryl methyl sites for hydroxylation is 1. The highest BCUT2D eigenvalue weighted by molar-refractivity contribution is 5.23. The molecule has 1 aliphatic heterocycles. The molecule has 1 fully saturated rings. The van der Waals surface area contributed by atoms with Gasteiger partial charge in [0.2, 0.25) is 0 Å². The standard InChI is InChI=1S/C16H20FN3O2/c1-12-15(19-22-18-12)10-20-8-4-5-13(9-20)11-21-16-7-3-2-6-14(16)17/h2-3,6-7,13H,4-5,8-11H2,1H3. The molecule has 2 heterocycles. The summed E-state index contributed by atoms with van der Waals surface area (Å²) >= 11 is 0. The van der Waals surface area contributed by atoms with E-state index in [-0.39, 0.29) is 5.82 Å². The summed E-state index contributed by atoms with van der Waals surface area (Å²) in [7, 11) is 0. The minimum atomic E-state index is -0.306. The first-order chi connectivity index (χ1) is 10.7. The van der Waals surface area contributed by atoms with Gasteiger partial charge in [0, 0.05) is 19.0 Å². The van der Waals surface area contributed by atoms with Crippen molar-refractivity contribution in [2.24, 2.45) is 5.92 Å². The molecule has 0 N–H and O–H groups in total. The zero-order chi connectivity index (χ0) is 15.4. The molecule has 0 spiro atoms. The largest absolute Gasteiger partial charge is 0.490 e. The van der Waals surface area contributed by atoms with E-state index in [0.29, 0.717) is 18.3 Å². The first-order valence-electron chi connectivity index (χ1n) is 7.60. The van der Waals surface area contributed by atoms with Crippen molar-refractivity contribution in [1.82, 2.24) is 15.2 Å². The van der Waals surface area contributed by atoms with Gasteiger partial charge in [-0.2, -0.15) is 0 Å². The molecule has 1 aliphatic rings. The maximum atomic E-state index is 13.6. The second kappa shape index (κ2) is 6.87. The van der Waals surface area contributed by atoms with Gasteiger partial charge >= 0.3 is 0 Å². The number of piperidine rings is 1. The van der Waals surface area contributed by atoms with Gasteiger partial charge in [-0.3, -0.25) is 4.90 Å². The molecule has 5 nitrogen and oxygen atoms in total. The van der Waals surface area contributed by atoms with E-state index in [1.165, 1.54) is 6.07 Å². The van der Waals surface area contributed by atoms with Crippen LogP contribution in [0.2, 0.25) is 0 Å². The Hall–Kier alpha value is -1.95. The van der Waals surface area contributed by atoms with Crippen molar-refractivity contribution in [2.75, 3.05) is 19.7 Å². The van der Waals surface area contributed by atoms with Gasteiger partial charge in [0.25, 0.3) is 0 Å². The smallest absolute Gasteiger partial charge is 0.165 e. The fourth-order valence-corrected chi connectivity index (χ4v) is 2.81. The fourth-order valence-electron chi connectivity index (χ4n) is 2.81. The van der Waals surface area contributed by atoms with E-state index >= 15 is 0 Å². The van der Waals surface area contributed by atoms with E-state index in [1.54, 1.807) is 18.2 Å². The highest BCUT2D eigenvalue weighted by Gasteiger charge is 2.22. The monoisotopic (exact) mass is 305 g/mol. The minimum absolute atomic E-state index is 0.306. The molecule has 1 aromatic carbocycles. The van der Waals surface area contributed by atoms with Crippen molar-refractivity contribution >= 4 is 0 Å². The molecule has 2 aromatic rings. The van der Waals surface area contributed by atoms with Crippen molar-refractivity contribution < 1.29 is 13.8 Å². The van der Waals surface area contributed by atoms with Gasteiger partial charge in [-0.05, 0) is 38.4 Å². The lowest BCUT2D eigenvalue weighted by Crippen LogP contribution is -2.37. The molecule has 6 heteroatoms. The Morgan fingerprint density at radius 3 is 3.00 bits per heavy atom. The van der Waals surface area contributed by atoms with Crippen LogP contribution >= 0.6 is 0 Å². The first-order valence-corrected chi connectivity index (χ1v) is 7.60. The van der Waals surface area contributed by atoms with Gasteiger partial charge in [-0.25, -0.2) is 9.02 Å². The molecule has 0 radical (unpaired) electrons. The van der Waals surface area contributed by atoms with Crippen LogP contribution in [-0.4, -0.2) is 34.9 Å². The quantitative estimate of drug-likeness (QED) is 0.850. The molecule has 1 atom stereocenters. The van der Waals surface area contributed by atoms with Gasteiger partial charge in [0.1, 0.15) is 11.4 Å². The molecule has 0 aliphatic carbocycles. The molecule has 0 amide bonds. The molecular formula is C16H20FN3O2. The number of hydrogen-bond acceptors (Lipinski definition) is 5. The molecule has 0 bridgehead atoms. The molecule has 1 unspecified atom stereocenters. The number of halogens is 1. The van der Waals surface area contributed by atoms with Crippen molar-refractivity contribution in [3.05, 3.63) is 41.5 Å². The number of benzene rings is 1. The second-order valence-corrected chi connectivity index (χ2v) is 5.78. The fraction of sp³-hybridized carbons (Fsp3) is 0.500. The van der Waals surface area contributed by atoms with Crippen LogP contribution in [0.5, 0.6) is 5.75 Å². The van der Waals surface area contributed by atoms with Gasteiger partial charge < -0.3 is 4.74 Å². The SMILES string of the molecule is Cc1nonc1CN1CCCC(COc2ccccc2F)C1. The number of likely N-dealkylation sites (tertiary alicyclic amines) is 1. The summed E-state index contributed by atoms with van der Waals surface area (Å²) < 4.78 is 23.9. The van der Waals surface area contributed by atoms with Crippen LogP contribution < -0.4 is 4.74 Å². The molecule has 0 saturated carbocycles. The van der Waals surface area contributed by atoms with Crippen LogP contribution in [-0.2, 0) is 6.54 Å². The Morgan fingerprint density at radius 1 is 1.36 bits per heavy atom. The van der Waals surface area contributed by atoms with Crippen LogP contribution in [0.4, 0.5) is 4.39 Å². The number of rotatable bonds is 5. The summed E-state index contributed by atoms with van der Waals surface area (Å²) in [5.41, 5.74) is 1.72. The highest BCUT2D eigenvalue weighted by Crippen LogP contribution is 2.22. The molecule has 3 rings (SSSR count). The Labute approximate surface area is 129 Å². The Morgan fingerprint density at radius 2 is 2.23 bits per heavy atom. The third-order valence-electron chi connectivity index (χ3n) is 4.03. The van der Waals surface area contributed by atoms with Crippen molar-refractivity contribution in [3.8, 4) is 5.75 Å². The molecule has 22 heavy (non-hydrogen) atoms. The van der Waals surface area contributed by atoms with Gasteiger partial charge in [-0.15, -0.1) is 0 Å². The van der Waals surface area contributed by atoms with Gasteiger partial charge in [0.15, 0.2) is 11.6 Å². The van der Waals surface area contributed by atoms with E-state index in [4.69, 9.17) is 9.37 Å². The van der Waals surface area contributed by atoms with Crippen molar-refractivity contribution in [1.29, 1.82) is 0 Å². The highest BCUT2D eigenvalue weighted by atomic mass is 19.1. The number of para-hydroxylation sites is 1. The summed E-state index contributed by atoms with van der Waals surface area (Å²) in [4.78, 5) is 2.32. The minimum Gasteiger partial charge on any atom is -0.490 e. The summed E-state index contributed by atoms with van der Waals surface area (Å²) in [5.74, 6) is 0.421. The van der Waals surface area contributed by atoms with Crippen molar-refractivity contribution in [3.63, 3.8) is 0 Å². The number of hydrogen-bond donors (Lipinski definition) is 0. The summed E-state index contributed by atoms with van der Waals surface area (Å²) in [6, 6.07) is 6.54. The van der Waals surface area contributed by atoms with E-state index in [1.807, 2.05) is 6.92 Å². The first kappa shape index (κ1) is 15.0. The molecule has 1 saturated heterocycles. The summed E-state index contributed by atoms with van der Waals surface area (Å²) in [6.45, 7) is 5.12. The number of aromatic nitrogens is 2. The lowest BCUT2D eigenvalue weighted by atomic mass is 9.99. The summed E-state index contributed by atoms with van der Waals surface area (Å²) in [5, 5.41) is 7.74. The zero-order valence-electron chi connectivity index (χ0n) is 12.7. The maximum Gasteiger partial charge on any atom is 0.165 e. The maximum absolute atomic E-state index is 13.6. The third-order valence-corrected chi connectivity index (χ3v) is 4.03. The van der Waals surface area contributed by atoms with Crippen LogP contribution in [0.3, 0.4) is 0 Å². The molecular weight excluding hydrogens is 285 g/mol. The predicted molar refractivity (Wildman–Crippen MR) is 78.9 cm³/mol. The van der Waals surface area contributed by atoms with E-state index in [9.17, 15) is 4.39 Å². The number of nitrogens with zero attached hydrogens (tertiary/aromatic N) is 3. The average molecular weight is 305 g/mol. The Kier molecular flexibility index (Phi) is 4.68. The van der Waals surface area contributed by atoms with E-state index < -0.39 is 0 Å². The van der Waals surface area contributed by atoms with Crippen LogP contribution in [0, 0.1) is 18.7 Å². The van der Waals surface area contributed by atoms with Gasteiger partial charge in [0.05, 0.1) is 6.61 Å². The van der Waals surface area contributed by atoms with Crippen LogP contribution in [0.15, 0.2) is 28.9 Å². The molecule has 118 valence electrons. The number of ether oxygens (including phenoxy) is 1. The normalized spacial score (nSPS) is 19.3.